The van der Waals surface area contributed by atoms with E-state index in [9.17, 15) is 4.79 Å². The average Bonchev–Trinajstić information content (AvgIpc) is 2.93. The highest BCUT2D eigenvalue weighted by molar-refractivity contribution is 5.66. The quantitative estimate of drug-likeness (QED) is 0.278. The van der Waals surface area contributed by atoms with Gasteiger partial charge in [0.15, 0.2) is 0 Å². The molecular weight excluding hydrogens is 324 g/mol. The maximum Gasteiger partial charge on any atom is 0.303 e. The normalized spacial score (nSPS) is 11.2. The van der Waals surface area contributed by atoms with Gasteiger partial charge in [0.1, 0.15) is 11.9 Å². The monoisotopic (exact) mass is 365 g/mol. The fourth-order valence-corrected chi connectivity index (χ4v) is 3.54. The molecular formula is C22H41N2O2+. The summed E-state index contributed by atoms with van der Waals surface area (Å²) in [5, 5.41) is 8.57. The highest BCUT2D eigenvalue weighted by atomic mass is 16.4. The highest BCUT2D eigenvalue weighted by Crippen LogP contribution is 2.13. The van der Waals surface area contributed by atoms with Crippen LogP contribution in [-0.4, -0.2) is 16.1 Å². The van der Waals surface area contributed by atoms with Crippen molar-refractivity contribution in [2.45, 2.75) is 110 Å². The molecule has 1 rings (SSSR count). The maximum absolute atomic E-state index is 10.4. The summed E-state index contributed by atoms with van der Waals surface area (Å²) in [4.78, 5) is 13.7. The summed E-state index contributed by atoms with van der Waals surface area (Å²) in [5.74, 6) is 0.577. The van der Waals surface area contributed by atoms with Crippen LogP contribution in [-0.2, 0) is 18.3 Å². The Morgan fingerprint density at radius 1 is 0.846 bits per heavy atom. The van der Waals surface area contributed by atoms with Gasteiger partial charge in [0, 0.05) is 19.8 Å². The zero-order valence-electron chi connectivity index (χ0n) is 17.2. The van der Waals surface area contributed by atoms with Crippen LogP contribution in [0.4, 0.5) is 0 Å². The number of H-pyrrole nitrogens is 1. The van der Waals surface area contributed by atoms with Crippen LogP contribution in [0, 0.1) is 6.92 Å². The van der Waals surface area contributed by atoms with Gasteiger partial charge in [-0.25, -0.2) is 9.55 Å². The van der Waals surface area contributed by atoms with Crippen molar-refractivity contribution in [3.63, 3.8) is 0 Å². The second-order valence-electron chi connectivity index (χ2n) is 7.77. The van der Waals surface area contributed by atoms with Crippen molar-refractivity contribution in [1.82, 2.24) is 4.98 Å². The molecule has 0 fully saturated rings. The SMILES string of the molecule is Cc1[nH]cc(CCCCCCCCCCCCCCCCC(=O)O)[n+]1C. The van der Waals surface area contributed by atoms with Crippen molar-refractivity contribution in [3.05, 3.63) is 17.7 Å². The van der Waals surface area contributed by atoms with Crippen molar-refractivity contribution < 1.29 is 14.5 Å². The van der Waals surface area contributed by atoms with Crippen LogP contribution in [0.15, 0.2) is 6.20 Å². The number of hydrogen-bond acceptors (Lipinski definition) is 1. The molecule has 0 aliphatic carbocycles. The van der Waals surface area contributed by atoms with Crippen LogP contribution in [0.1, 0.15) is 108 Å². The Labute approximate surface area is 160 Å². The Morgan fingerprint density at radius 3 is 1.65 bits per heavy atom. The van der Waals surface area contributed by atoms with Crippen molar-refractivity contribution in [2.24, 2.45) is 7.05 Å². The second-order valence-corrected chi connectivity index (χ2v) is 7.77. The number of aromatic nitrogens is 2. The smallest absolute Gasteiger partial charge is 0.303 e. The number of carbonyl (C=O) groups is 1. The molecule has 26 heavy (non-hydrogen) atoms. The number of aromatic amines is 1. The van der Waals surface area contributed by atoms with E-state index >= 15 is 0 Å². The molecule has 0 amide bonds. The lowest BCUT2D eigenvalue weighted by Crippen LogP contribution is -2.33. The van der Waals surface area contributed by atoms with Crippen LogP contribution in [0.3, 0.4) is 0 Å². The van der Waals surface area contributed by atoms with Gasteiger partial charge in [0.25, 0.3) is 5.82 Å². The summed E-state index contributed by atoms with van der Waals surface area (Å²) in [5.41, 5.74) is 1.42. The third-order valence-corrected chi connectivity index (χ3v) is 5.46. The van der Waals surface area contributed by atoms with Gasteiger partial charge in [-0.15, -0.1) is 0 Å². The Hall–Kier alpha value is -1.32. The van der Waals surface area contributed by atoms with E-state index in [4.69, 9.17) is 5.11 Å². The van der Waals surface area contributed by atoms with Gasteiger partial charge in [0.05, 0.1) is 7.05 Å². The number of aliphatic carboxylic acids is 1. The van der Waals surface area contributed by atoms with E-state index in [2.05, 4.69) is 29.7 Å². The lowest BCUT2D eigenvalue weighted by molar-refractivity contribution is -0.683. The largest absolute Gasteiger partial charge is 0.481 e. The topological polar surface area (TPSA) is 57.0 Å². The molecule has 0 saturated heterocycles. The zero-order chi connectivity index (χ0) is 19.0. The zero-order valence-corrected chi connectivity index (χ0v) is 17.2. The minimum Gasteiger partial charge on any atom is -0.481 e. The van der Waals surface area contributed by atoms with E-state index in [0.717, 1.165) is 12.8 Å². The predicted molar refractivity (Wildman–Crippen MR) is 107 cm³/mol. The summed E-state index contributed by atoms with van der Waals surface area (Å²) in [6.45, 7) is 2.12. The molecule has 0 radical (unpaired) electrons. The van der Waals surface area contributed by atoms with Gasteiger partial charge in [0.2, 0.25) is 0 Å². The molecule has 2 N–H and O–H groups in total. The average molecular weight is 366 g/mol. The minimum atomic E-state index is -0.658. The number of unbranched alkanes of at least 4 members (excludes halogenated alkanes) is 13. The van der Waals surface area contributed by atoms with E-state index < -0.39 is 5.97 Å². The van der Waals surface area contributed by atoms with E-state index in [-0.39, 0.29) is 0 Å². The van der Waals surface area contributed by atoms with E-state index in [1.807, 2.05) is 0 Å². The number of rotatable bonds is 17. The third kappa shape index (κ3) is 11.3. The van der Waals surface area contributed by atoms with Gasteiger partial charge in [-0.1, -0.05) is 77.0 Å². The molecule has 0 bridgehead atoms. The predicted octanol–water partition coefficient (Wildman–Crippen LogP) is 5.63. The van der Waals surface area contributed by atoms with Crippen LogP contribution >= 0.6 is 0 Å². The molecule has 1 heterocycles. The lowest BCUT2D eigenvalue weighted by Gasteiger charge is -2.03. The number of carboxylic acid groups (broad SMARTS) is 1. The number of carboxylic acids is 1. The molecule has 4 heteroatoms. The van der Waals surface area contributed by atoms with Crippen LogP contribution in [0.25, 0.3) is 0 Å². The Kier molecular flexibility index (Phi) is 12.9. The van der Waals surface area contributed by atoms with E-state index in [1.165, 1.54) is 95.0 Å². The van der Waals surface area contributed by atoms with Crippen molar-refractivity contribution in [2.75, 3.05) is 0 Å². The first-order valence-corrected chi connectivity index (χ1v) is 10.9. The third-order valence-electron chi connectivity index (χ3n) is 5.46. The van der Waals surface area contributed by atoms with Gasteiger partial charge >= 0.3 is 5.97 Å². The molecule has 1 aromatic rings. The van der Waals surface area contributed by atoms with Crippen molar-refractivity contribution in [1.29, 1.82) is 0 Å². The first-order valence-electron chi connectivity index (χ1n) is 10.9. The number of nitrogens with one attached hydrogen (secondary N) is 1. The van der Waals surface area contributed by atoms with Crippen molar-refractivity contribution in [3.8, 4) is 0 Å². The fourth-order valence-electron chi connectivity index (χ4n) is 3.54. The van der Waals surface area contributed by atoms with Crippen LogP contribution in [0.5, 0.6) is 0 Å². The standard InChI is InChI=1S/C22H40N2O2/c1-20-23-19-21(24(20)2)17-15-13-11-9-7-5-3-4-6-8-10-12-14-16-18-22(25)26/h19H,3-18H2,1-2H3,(H,25,26)/p+1. The number of nitrogens with zero attached hydrogens (tertiary/aromatic N) is 1. The lowest BCUT2D eigenvalue weighted by atomic mass is 10.0. The number of hydrogen-bond donors (Lipinski definition) is 2. The highest BCUT2D eigenvalue weighted by Gasteiger charge is 2.08. The molecule has 0 spiro atoms. The van der Waals surface area contributed by atoms with Gasteiger partial charge in [-0.3, -0.25) is 4.79 Å². The summed E-state index contributed by atoms with van der Waals surface area (Å²) in [6.07, 6.45) is 21.7. The molecule has 0 aromatic carbocycles. The Bertz CT molecular complexity index is 482. The molecule has 0 saturated carbocycles. The number of imidazole rings is 1. The minimum absolute atomic E-state index is 0.338. The molecule has 1 aromatic heterocycles. The van der Waals surface area contributed by atoms with Crippen LogP contribution in [0.2, 0.25) is 0 Å². The first kappa shape index (κ1) is 22.7. The summed E-state index contributed by atoms with van der Waals surface area (Å²) in [7, 11) is 2.14. The summed E-state index contributed by atoms with van der Waals surface area (Å²) >= 11 is 0. The van der Waals surface area contributed by atoms with E-state index in [1.54, 1.807) is 0 Å². The molecule has 150 valence electrons. The van der Waals surface area contributed by atoms with Crippen LogP contribution < -0.4 is 4.57 Å². The van der Waals surface area contributed by atoms with Gasteiger partial charge in [-0.2, -0.15) is 0 Å². The second kappa shape index (κ2) is 14.8. The first-order chi connectivity index (χ1) is 12.6. The molecule has 0 atom stereocenters. The number of aryl methyl sites for hydroxylation is 2. The summed E-state index contributed by atoms with van der Waals surface area (Å²) in [6, 6.07) is 0. The maximum atomic E-state index is 10.4. The Balaban J connectivity index is 1.76. The molecule has 4 nitrogen and oxygen atoms in total. The molecule has 0 unspecified atom stereocenters. The van der Waals surface area contributed by atoms with Crippen molar-refractivity contribution >= 4 is 5.97 Å². The summed E-state index contributed by atoms with van der Waals surface area (Å²) < 4.78 is 2.26. The molecule has 0 aliphatic rings. The van der Waals surface area contributed by atoms with Gasteiger partial charge in [-0.05, 0) is 12.8 Å². The van der Waals surface area contributed by atoms with E-state index in [0.29, 0.717) is 6.42 Å². The molecule has 0 aliphatic heterocycles. The van der Waals surface area contributed by atoms with Gasteiger partial charge < -0.3 is 5.11 Å². The fraction of sp³-hybridized carbons (Fsp3) is 0.818. The Morgan fingerprint density at radius 2 is 1.27 bits per heavy atom.